The maximum Gasteiger partial charge on any atom is 0.235 e. The number of piperidine rings is 1. The predicted molar refractivity (Wildman–Crippen MR) is 126 cm³/mol. The van der Waals surface area contributed by atoms with Crippen LogP contribution in [0.1, 0.15) is 29.5 Å². The second-order valence-corrected chi connectivity index (χ2v) is 10.1. The molecule has 2 aromatic rings. The summed E-state index contributed by atoms with van der Waals surface area (Å²) in [6.45, 7) is 4.77. The van der Waals surface area contributed by atoms with E-state index in [1.165, 1.54) is 11.1 Å². The Morgan fingerprint density at radius 2 is 2.00 bits per heavy atom. The zero-order valence-electron chi connectivity index (χ0n) is 18.5. The minimum Gasteiger partial charge on any atom is -0.492 e. The van der Waals surface area contributed by atoms with E-state index in [2.05, 4.69) is 32.6 Å². The molecule has 2 saturated heterocycles. The van der Waals surface area contributed by atoms with Crippen molar-refractivity contribution in [3.8, 4) is 5.75 Å². The van der Waals surface area contributed by atoms with Crippen LogP contribution in [-0.4, -0.2) is 66.0 Å². The molecule has 7 nitrogen and oxygen atoms in total. The van der Waals surface area contributed by atoms with E-state index in [9.17, 15) is 9.90 Å². The van der Waals surface area contributed by atoms with Gasteiger partial charge in [0, 0.05) is 36.4 Å². The lowest BCUT2D eigenvalue weighted by atomic mass is 9.73. The molecular formula is C25H29ClN4O3. The summed E-state index contributed by atoms with van der Waals surface area (Å²) < 4.78 is 6.10. The van der Waals surface area contributed by atoms with Crippen LogP contribution in [0.5, 0.6) is 5.75 Å². The number of rotatable bonds is 4. The molecule has 4 heterocycles. The van der Waals surface area contributed by atoms with Crippen molar-refractivity contribution < 1.29 is 14.6 Å². The maximum atomic E-state index is 12.8. The van der Waals surface area contributed by atoms with Crippen molar-refractivity contribution in [1.29, 1.82) is 0 Å². The Labute approximate surface area is 198 Å². The highest BCUT2D eigenvalue weighted by atomic mass is 35.5. The Kier molecular flexibility index (Phi) is 5.35. The summed E-state index contributed by atoms with van der Waals surface area (Å²) in [5.74, 6) is 1.01. The fourth-order valence-corrected chi connectivity index (χ4v) is 6.07. The summed E-state index contributed by atoms with van der Waals surface area (Å²) >= 11 is 6.22. The number of aliphatic hydroxyl groups excluding tert-OH is 1. The third kappa shape index (κ3) is 3.72. The molecule has 6 rings (SSSR count). The van der Waals surface area contributed by atoms with Gasteiger partial charge in [-0.15, -0.1) is 0 Å². The number of halogens is 1. The number of ether oxygens (including phenoxy) is 1. The van der Waals surface area contributed by atoms with Crippen molar-refractivity contribution >= 4 is 23.2 Å². The van der Waals surface area contributed by atoms with Crippen LogP contribution in [0.3, 0.4) is 0 Å². The van der Waals surface area contributed by atoms with Gasteiger partial charge in [0.15, 0.2) is 6.35 Å². The number of amides is 1. The van der Waals surface area contributed by atoms with Crippen LogP contribution in [0.15, 0.2) is 36.4 Å². The van der Waals surface area contributed by atoms with Crippen LogP contribution in [0.25, 0.3) is 0 Å². The first-order valence-electron chi connectivity index (χ1n) is 11.8. The Bertz CT molecular complexity index is 1090. The van der Waals surface area contributed by atoms with Gasteiger partial charge in [-0.3, -0.25) is 19.9 Å². The van der Waals surface area contributed by atoms with E-state index in [0.29, 0.717) is 17.7 Å². The number of aliphatic hydroxyl groups is 1. The standard InChI is InChI=1S/C25H29ClN4O3/c26-18-2-4-22-21(13-18)25(23(31)28-22)5-7-29(8-6-25)9-10-33-20-3-1-16-15-30-19(11-17(16)12-20)14-27-24(30)32/h1-4,12-13,19,24,27,32H,5-11,14-15H2,(H,28,31). The summed E-state index contributed by atoms with van der Waals surface area (Å²) in [5, 5.41) is 16.9. The van der Waals surface area contributed by atoms with Crippen molar-refractivity contribution in [3.63, 3.8) is 0 Å². The first-order chi connectivity index (χ1) is 16.0. The SMILES string of the molecule is O=C1Nc2ccc(Cl)cc2C12CCN(CCOc1ccc3c(c1)CC1CNC(O)N1C3)CC2. The lowest BCUT2D eigenvalue weighted by Crippen LogP contribution is -2.47. The number of carbonyl (C=O) groups is 1. The smallest absolute Gasteiger partial charge is 0.235 e. The third-order valence-electron chi connectivity index (χ3n) is 7.87. The highest BCUT2D eigenvalue weighted by Gasteiger charge is 2.48. The molecule has 1 amide bonds. The van der Waals surface area contributed by atoms with Crippen molar-refractivity contribution in [3.05, 3.63) is 58.1 Å². The lowest BCUT2D eigenvalue weighted by Gasteiger charge is -2.38. The molecule has 0 bridgehead atoms. The molecule has 0 aliphatic carbocycles. The third-order valence-corrected chi connectivity index (χ3v) is 8.11. The molecule has 2 aromatic carbocycles. The number of nitrogens with zero attached hydrogens (tertiary/aromatic N) is 2. The monoisotopic (exact) mass is 468 g/mol. The quantitative estimate of drug-likeness (QED) is 0.639. The van der Waals surface area contributed by atoms with Crippen LogP contribution >= 0.6 is 11.6 Å². The summed E-state index contributed by atoms with van der Waals surface area (Å²) in [5.41, 5.74) is 4.08. The molecular weight excluding hydrogens is 440 g/mol. The van der Waals surface area contributed by atoms with Crippen LogP contribution in [0.2, 0.25) is 5.02 Å². The molecule has 2 fully saturated rings. The molecule has 2 atom stereocenters. The maximum absolute atomic E-state index is 12.8. The molecule has 4 aliphatic heterocycles. The van der Waals surface area contributed by atoms with E-state index in [4.69, 9.17) is 16.3 Å². The van der Waals surface area contributed by atoms with Gasteiger partial charge in [-0.2, -0.15) is 0 Å². The van der Waals surface area contributed by atoms with E-state index in [0.717, 1.165) is 69.0 Å². The van der Waals surface area contributed by atoms with Crippen LogP contribution in [0.4, 0.5) is 5.69 Å². The Morgan fingerprint density at radius 3 is 2.85 bits per heavy atom. The Hall–Kier alpha value is -2.16. The molecule has 1 spiro atoms. The first kappa shape index (κ1) is 21.4. The molecule has 0 aromatic heterocycles. The topological polar surface area (TPSA) is 77.1 Å². The van der Waals surface area contributed by atoms with E-state index in [1.807, 2.05) is 24.3 Å². The van der Waals surface area contributed by atoms with Crippen molar-refractivity contribution in [2.75, 3.05) is 38.1 Å². The summed E-state index contributed by atoms with van der Waals surface area (Å²) in [4.78, 5) is 17.3. The van der Waals surface area contributed by atoms with Gasteiger partial charge in [0.2, 0.25) is 5.91 Å². The van der Waals surface area contributed by atoms with Gasteiger partial charge in [0.1, 0.15) is 12.4 Å². The zero-order chi connectivity index (χ0) is 22.6. The molecule has 4 aliphatic rings. The molecule has 33 heavy (non-hydrogen) atoms. The number of hydrogen-bond acceptors (Lipinski definition) is 6. The summed E-state index contributed by atoms with van der Waals surface area (Å²) in [6, 6.07) is 12.3. The van der Waals surface area contributed by atoms with Crippen molar-refractivity contribution in [2.24, 2.45) is 0 Å². The van der Waals surface area contributed by atoms with Crippen LogP contribution in [0, 0.1) is 0 Å². The predicted octanol–water partition coefficient (Wildman–Crippen LogP) is 2.31. The molecule has 3 N–H and O–H groups in total. The van der Waals surface area contributed by atoms with Crippen molar-refractivity contribution in [1.82, 2.24) is 15.1 Å². The highest BCUT2D eigenvalue weighted by Crippen LogP contribution is 2.45. The normalized spacial score (nSPS) is 26.1. The van der Waals surface area contributed by atoms with Gasteiger partial charge in [-0.05, 0) is 79.4 Å². The average molecular weight is 469 g/mol. The number of hydrogen-bond donors (Lipinski definition) is 3. The van der Waals surface area contributed by atoms with Crippen LogP contribution < -0.4 is 15.4 Å². The largest absolute Gasteiger partial charge is 0.492 e. The molecule has 0 saturated carbocycles. The number of carbonyl (C=O) groups excluding carboxylic acids is 1. The summed E-state index contributed by atoms with van der Waals surface area (Å²) in [6.07, 6.45) is 1.98. The Balaban J connectivity index is 1.04. The number of benzene rings is 2. The second kappa shape index (κ2) is 8.25. The van der Waals surface area contributed by atoms with Gasteiger partial charge in [0.25, 0.3) is 0 Å². The van der Waals surface area contributed by atoms with E-state index < -0.39 is 11.8 Å². The van der Waals surface area contributed by atoms with E-state index >= 15 is 0 Å². The van der Waals surface area contributed by atoms with Gasteiger partial charge in [-0.1, -0.05) is 17.7 Å². The fraction of sp³-hybridized carbons (Fsp3) is 0.480. The first-order valence-corrected chi connectivity index (χ1v) is 12.2. The van der Waals surface area contributed by atoms with E-state index in [1.54, 1.807) is 0 Å². The number of fused-ring (bicyclic) bond motifs is 4. The van der Waals surface area contributed by atoms with E-state index in [-0.39, 0.29) is 5.91 Å². The minimum atomic E-state index is -0.538. The fourth-order valence-electron chi connectivity index (χ4n) is 5.90. The molecule has 8 heteroatoms. The van der Waals surface area contributed by atoms with Gasteiger partial charge < -0.3 is 15.2 Å². The molecule has 0 radical (unpaired) electrons. The summed E-state index contributed by atoms with van der Waals surface area (Å²) in [7, 11) is 0. The highest BCUT2D eigenvalue weighted by molar-refractivity contribution is 6.31. The zero-order valence-corrected chi connectivity index (χ0v) is 19.3. The number of nitrogens with one attached hydrogen (secondary N) is 2. The average Bonchev–Trinajstić information content (AvgIpc) is 3.30. The van der Waals surface area contributed by atoms with Crippen molar-refractivity contribution in [2.45, 2.75) is 43.6 Å². The number of anilines is 1. The Morgan fingerprint density at radius 1 is 1.15 bits per heavy atom. The van der Waals surface area contributed by atoms with Gasteiger partial charge in [0.05, 0.1) is 5.41 Å². The number of likely N-dealkylation sites (tertiary alicyclic amines) is 1. The molecule has 2 unspecified atom stereocenters. The minimum absolute atomic E-state index is 0.105. The molecule has 174 valence electrons. The van der Waals surface area contributed by atoms with Crippen LogP contribution in [-0.2, 0) is 23.2 Å². The van der Waals surface area contributed by atoms with Gasteiger partial charge >= 0.3 is 0 Å². The van der Waals surface area contributed by atoms with Gasteiger partial charge in [-0.25, -0.2) is 0 Å². The second-order valence-electron chi connectivity index (χ2n) is 9.66. The lowest BCUT2D eigenvalue weighted by molar-refractivity contribution is -0.122.